The summed E-state index contributed by atoms with van der Waals surface area (Å²) < 4.78 is 25.1. The molecule has 1 aromatic carbocycles. The fraction of sp³-hybridized carbons (Fsp3) is 0.611. The van der Waals surface area contributed by atoms with Crippen LogP contribution < -0.4 is 4.90 Å². The third-order valence-electron chi connectivity index (χ3n) is 5.84. The first-order valence-electron chi connectivity index (χ1n) is 8.74. The lowest BCUT2D eigenvalue weighted by molar-refractivity contribution is -0.120. The Balaban J connectivity index is 1.66. The van der Waals surface area contributed by atoms with Crippen LogP contribution in [0.5, 0.6) is 0 Å². The summed E-state index contributed by atoms with van der Waals surface area (Å²) in [5, 5.41) is 0. The van der Waals surface area contributed by atoms with Gasteiger partial charge in [0, 0.05) is 37.2 Å². The first kappa shape index (κ1) is 16.1. The number of fused-ring (bicyclic) bond motifs is 2. The maximum atomic E-state index is 12.9. The predicted octanol–water partition coefficient (Wildman–Crippen LogP) is 2.13. The molecular weight excluding hydrogens is 324 g/mol. The minimum atomic E-state index is -3.15. The molecule has 24 heavy (non-hydrogen) atoms. The van der Waals surface area contributed by atoms with E-state index in [0.29, 0.717) is 25.4 Å². The molecule has 2 fully saturated rings. The van der Waals surface area contributed by atoms with Crippen LogP contribution in [0, 0.1) is 5.92 Å². The van der Waals surface area contributed by atoms with Gasteiger partial charge in [0.05, 0.1) is 6.26 Å². The van der Waals surface area contributed by atoms with Crippen molar-refractivity contribution in [1.29, 1.82) is 0 Å². The number of para-hydroxylation sites is 1. The third-order valence-corrected chi connectivity index (χ3v) is 7.15. The minimum absolute atomic E-state index is 0.199. The van der Waals surface area contributed by atoms with Gasteiger partial charge >= 0.3 is 0 Å². The summed E-state index contributed by atoms with van der Waals surface area (Å²) in [4.78, 5) is 14.8. The quantitative estimate of drug-likeness (QED) is 0.841. The Morgan fingerprint density at radius 1 is 1.17 bits per heavy atom. The largest absolute Gasteiger partial charge is 0.312 e. The number of piperidine rings is 1. The highest BCUT2D eigenvalue weighted by atomic mass is 32.2. The molecule has 5 nitrogen and oxygen atoms in total. The molecule has 130 valence electrons. The van der Waals surface area contributed by atoms with E-state index in [-0.39, 0.29) is 11.3 Å². The SMILES string of the molecule is CS(=O)(=O)N1CCC2(CC1)CC(=O)N(CC1CC1)c1ccccc12. The molecule has 2 aliphatic heterocycles. The van der Waals surface area contributed by atoms with Crippen LogP contribution in [0.2, 0.25) is 0 Å². The van der Waals surface area contributed by atoms with Gasteiger partial charge < -0.3 is 4.90 Å². The van der Waals surface area contributed by atoms with Crippen LogP contribution in [0.3, 0.4) is 0 Å². The molecule has 0 atom stereocenters. The van der Waals surface area contributed by atoms with E-state index >= 15 is 0 Å². The smallest absolute Gasteiger partial charge is 0.227 e. The summed E-state index contributed by atoms with van der Waals surface area (Å²) in [7, 11) is -3.15. The molecule has 0 unspecified atom stereocenters. The average molecular weight is 348 g/mol. The molecule has 1 aliphatic carbocycles. The Labute approximate surface area is 143 Å². The number of carbonyl (C=O) groups excluding carboxylic acids is 1. The maximum Gasteiger partial charge on any atom is 0.227 e. The molecule has 2 heterocycles. The molecule has 0 N–H and O–H groups in total. The predicted molar refractivity (Wildman–Crippen MR) is 93.5 cm³/mol. The number of carbonyl (C=O) groups is 1. The molecule has 4 rings (SSSR count). The highest BCUT2D eigenvalue weighted by Crippen LogP contribution is 2.48. The van der Waals surface area contributed by atoms with Crippen LogP contribution in [0.1, 0.15) is 37.7 Å². The number of benzene rings is 1. The van der Waals surface area contributed by atoms with E-state index in [1.54, 1.807) is 4.31 Å². The second kappa shape index (κ2) is 5.56. The molecule has 1 amide bonds. The zero-order valence-electron chi connectivity index (χ0n) is 14.1. The van der Waals surface area contributed by atoms with Gasteiger partial charge in [-0.1, -0.05) is 18.2 Å². The van der Waals surface area contributed by atoms with Gasteiger partial charge in [0.2, 0.25) is 15.9 Å². The van der Waals surface area contributed by atoms with Crippen molar-refractivity contribution in [2.75, 3.05) is 30.8 Å². The van der Waals surface area contributed by atoms with Crippen LogP contribution in [-0.2, 0) is 20.2 Å². The number of rotatable bonds is 3. The van der Waals surface area contributed by atoms with Crippen molar-refractivity contribution < 1.29 is 13.2 Å². The van der Waals surface area contributed by atoms with Crippen LogP contribution in [0.4, 0.5) is 5.69 Å². The van der Waals surface area contributed by atoms with Crippen molar-refractivity contribution in [3.8, 4) is 0 Å². The fourth-order valence-electron chi connectivity index (χ4n) is 4.22. The lowest BCUT2D eigenvalue weighted by Crippen LogP contribution is -2.51. The lowest BCUT2D eigenvalue weighted by Gasteiger charge is -2.47. The van der Waals surface area contributed by atoms with Gasteiger partial charge in [-0.25, -0.2) is 12.7 Å². The summed E-state index contributed by atoms with van der Waals surface area (Å²) in [5.41, 5.74) is 2.08. The molecule has 3 aliphatic rings. The van der Waals surface area contributed by atoms with E-state index in [4.69, 9.17) is 0 Å². The van der Waals surface area contributed by atoms with Gasteiger partial charge in [-0.2, -0.15) is 0 Å². The summed E-state index contributed by atoms with van der Waals surface area (Å²) in [6, 6.07) is 8.22. The van der Waals surface area contributed by atoms with Crippen molar-refractivity contribution in [2.45, 2.75) is 37.5 Å². The molecule has 1 saturated heterocycles. The minimum Gasteiger partial charge on any atom is -0.312 e. The van der Waals surface area contributed by atoms with E-state index in [1.165, 1.54) is 24.7 Å². The van der Waals surface area contributed by atoms with Crippen molar-refractivity contribution >= 4 is 21.6 Å². The number of anilines is 1. The zero-order chi connectivity index (χ0) is 16.9. The Kier molecular flexibility index (Phi) is 3.73. The van der Waals surface area contributed by atoms with Crippen LogP contribution >= 0.6 is 0 Å². The summed E-state index contributed by atoms with van der Waals surface area (Å²) in [5.74, 6) is 0.858. The van der Waals surface area contributed by atoms with Crippen molar-refractivity contribution in [3.63, 3.8) is 0 Å². The summed E-state index contributed by atoms with van der Waals surface area (Å²) in [6.45, 7) is 1.84. The van der Waals surface area contributed by atoms with Crippen LogP contribution in [-0.4, -0.2) is 44.5 Å². The van der Waals surface area contributed by atoms with E-state index in [2.05, 4.69) is 12.1 Å². The number of sulfonamides is 1. The van der Waals surface area contributed by atoms with Crippen molar-refractivity contribution in [3.05, 3.63) is 29.8 Å². The molecule has 0 radical (unpaired) electrons. The lowest BCUT2D eigenvalue weighted by atomic mass is 9.68. The number of amides is 1. The van der Waals surface area contributed by atoms with Gasteiger partial charge in [0.15, 0.2) is 0 Å². The molecular formula is C18H24N2O3S. The van der Waals surface area contributed by atoms with Crippen molar-refractivity contribution in [1.82, 2.24) is 4.31 Å². The van der Waals surface area contributed by atoms with E-state index in [0.717, 1.165) is 25.1 Å². The second-order valence-corrected chi connectivity index (χ2v) is 9.57. The molecule has 1 spiro atoms. The first-order chi connectivity index (χ1) is 11.4. The van der Waals surface area contributed by atoms with Gasteiger partial charge in [-0.05, 0) is 43.2 Å². The summed E-state index contributed by atoms with van der Waals surface area (Å²) in [6.07, 6.45) is 5.66. The third kappa shape index (κ3) is 2.75. The topological polar surface area (TPSA) is 57.7 Å². The van der Waals surface area contributed by atoms with E-state index < -0.39 is 10.0 Å². The Morgan fingerprint density at radius 2 is 1.83 bits per heavy atom. The first-order valence-corrected chi connectivity index (χ1v) is 10.6. The van der Waals surface area contributed by atoms with Crippen molar-refractivity contribution in [2.24, 2.45) is 5.92 Å². The Hall–Kier alpha value is -1.40. The highest BCUT2D eigenvalue weighted by molar-refractivity contribution is 7.88. The molecule has 1 saturated carbocycles. The normalized spacial score (nSPS) is 24.2. The Morgan fingerprint density at radius 3 is 2.46 bits per heavy atom. The zero-order valence-corrected chi connectivity index (χ0v) is 14.9. The van der Waals surface area contributed by atoms with Gasteiger partial charge in [-0.15, -0.1) is 0 Å². The Bertz CT molecular complexity index is 762. The van der Waals surface area contributed by atoms with Gasteiger partial charge in [0.1, 0.15) is 0 Å². The average Bonchev–Trinajstić information content (AvgIpc) is 3.35. The maximum absolute atomic E-state index is 12.9. The summed E-state index contributed by atoms with van der Waals surface area (Å²) >= 11 is 0. The number of hydrogen-bond donors (Lipinski definition) is 0. The molecule has 0 bridgehead atoms. The number of nitrogens with zero attached hydrogens (tertiary/aromatic N) is 2. The highest BCUT2D eigenvalue weighted by Gasteiger charge is 2.46. The molecule has 1 aromatic rings. The van der Waals surface area contributed by atoms with Crippen LogP contribution in [0.25, 0.3) is 0 Å². The molecule has 6 heteroatoms. The van der Waals surface area contributed by atoms with E-state index in [9.17, 15) is 13.2 Å². The van der Waals surface area contributed by atoms with Gasteiger partial charge in [-0.3, -0.25) is 4.79 Å². The standard InChI is InChI=1S/C18H24N2O3S/c1-24(22,23)19-10-8-18(9-11-19)12-17(21)20(13-14-6-7-14)16-5-3-2-4-15(16)18/h2-5,14H,6-13H2,1H3. The van der Waals surface area contributed by atoms with Crippen LogP contribution in [0.15, 0.2) is 24.3 Å². The van der Waals surface area contributed by atoms with Gasteiger partial charge in [0.25, 0.3) is 0 Å². The monoisotopic (exact) mass is 348 g/mol. The molecule has 0 aromatic heterocycles. The fourth-order valence-corrected chi connectivity index (χ4v) is 5.07. The van der Waals surface area contributed by atoms with E-state index in [1.807, 2.05) is 17.0 Å². The second-order valence-electron chi connectivity index (χ2n) is 7.58. The number of hydrogen-bond acceptors (Lipinski definition) is 3.